The Morgan fingerprint density at radius 1 is 0.971 bits per heavy atom. The molecule has 3 aromatic rings. The molecule has 1 N–H and O–H groups in total. The van der Waals surface area contributed by atoms with Crippen LogP contribution in [0.3, 0.4) is 0 Å². The van der Waals surface area contributed by atoms with Gasteiger partial charge >= 0.3 is 6.18 Å². The maximum absolute atomic E-state index is 13.1. The van der Waals surface area contributed by atoms with Crippen LogP contribution >= 0.6 is 0 Å². The molecule has 0 saturated carbocycles. The van der Waals surface area contributed by atoms with Crippen molar-refractivity contribution in [1.82, 2.24) is 0 Å². The predicted octanol–water partition coefficient (Wildman–Crippen LogP) is 5.55. The number of hydrogen-bond acceptors (Lipinski definition) is 5. The lowest BCUT2D eigenvalue weighted by molar-refractivity contribution is -0.384. The summed E-state index contributed by atoms with van der Waals surface area (Å²) < 4.78 is 39.1. The fourth-order valence-corrected chi connectivity index (χ4v) is 3.99. The highest BCUT2D eigenvalue weighted by Gasteiger charge is 2.47. The van der Waals surface area contributed by atoms with Gasteiger partial charge in [-0.25, -0.2) is 0 Å². The molecule has 1 aliphatic rings. The molecule has 1 atom stereocenters. The number of aryl methyl sites for hydroxylation is 1. The Hall–Kier alpha value is -4.47. The molecule has 10 heteroatoms. The Bertz CT molecular complexity index is 1360. The van der Waals surface area contributed by atoms with E-state index in [2.05, 4.69) is 0 Å². The zero-order valence-corrected chi connectivity index (χ0v) is 18.1. The smallest absolute Gasteiger partial charge is 0.416 e. The number of alkyl halides is 3. The molecule has 35 heavy (non-hydrogen) atoms. The monoisotopic (exact) mass is 482 g/mol. The van der Waals surface area contributed by atoms with Crippen LogP contribution in [0.5, 0.6) is 0 Å². The van der Waals surface area contributed by atoms with Crippen LogP contribution in [0, 0.1) is 17.0 Å². The SMILES string of the molecule is Cc1ccccc1C1/C(=C(\O)c2ccc([N+](=O)[O-])cc2)C(=O)C(=O)N1c1ccc(C(F)(F)F)cc1. The van der Waals surface area contributed by atoms with E-state index < -0.39 is 40.2 Å². The number of Topliss-reactive ketones (excluding diaryl/α,β-unsaturated/α-hetero) is 1. The van der Waals surface area contributed by atoms with Gasteiger partial charge in [0.2, 0.25) is 0 Å². The topological polar surface area (TPSA) is 101 Å². The first kappa shape index (κ1) is 23.7. The molecule has 7 nitrogen and oxygen atoms in total. The largest absolute Gasteiger partial charge is 0.507 e. The average molecular weight is 482 g/mol. The highest BCUT2D eigenvalue weighted by Crippen LogP contribution is 2.43. The van der Waals surface area contributed by atoms with Crippen LogP contribution in [0.4, 0.5) is 24.5 Å². The highest BCUT2D eigenvalue weighted by molar-refractivity contribution is 6.51. The van der Waals surface area contributed by atoms with Crippen LogP contribution in [0.1, 0.15) is 28.3 Å². The van der Waals surface area contributed by atoms with Gasteiger partial charge < -0.3 is 5.11 Å². The zero-order chi connectivity index (χ0) is 25.5. The lowest BCUT2D eigenvalue weighted by atomic mass is 9.92. The van der Waals surface area contributed by atoms with E-state index in [1.807, 2.05) is 0 Å². The average Bonchev–Trinajstić information content (AvgIpc) is 3.08. The number of carbonyl (C=O) groups excluding carboxylic acids is 2. The van der Waals surface area contributed by atoms with Crippen molar-refractivity contribution in [3.8, 4) is 0 Å². The standard InChI is InChI=1S/C25H17F3N2O5/c1-14-4-2-3-5-19(14)21-20(22(31)15-6-10-18(11-7-15)30(34)35)23(32)24(33)29(21)17-12-8-16(9-13-17)25(26,27)28/h2-13,21,31H,1H3/b22-20+. The van der Waals surface area contributed by atoms with Crippen molar-refractivity contribution in [2.45, 2.75) is 19.1 Å². The summed E-state index contributed by atoms with van der Waals surface area (Å²) >= 11 is 0. The Morgan fingerprint density at radius 3 is 2.11 bits per heavy atom. The number of halogens is 3. The second kappa shape index (κ2) is 8.71. The number of carbonyl (C=O) groups is 2. The molecule has 178 valence electrons. The highest BCUT2D eigenvalue weighted by atomic mass is 19.4. The van der Waals surface area contributed by atoms with E-state index in [1.165, 1.54) is 12.1 Å². The van der Waals surface area contributed by atoms with Crippen molar-refractivity contribution in [2.24, 2.45) is 0 Å². The summed E-state index contributed by atoms with van der Waals surface area (Å²) in [5.74, 6) is -2.61. The van der Waals surface area contributed by atoms with Gasteiger partial charge in [-0.2, -0.15) is 13.2 Å². The summed E-state index contributed by atoms with van der Waals surface area (Å²) in [6.07, 6.45) is -4.59. The van der Waals surface area contributed by atoms with Crippen LogP contribution in [-0.4, -0.2) is 21.7 Å². The Labute approximate surface area is 196 Å². The fourth-order valence-electron chi connectivity index (χ4n) is 3.99. The summed E-state index contributed by atoms with van der Waals surface area (Å²) in [6.45, 7) is 1.73. The van der Waals surface area contributed by atoms with Crippen molar-refractivity contribution < 1.29 is 32.8 Å². The van der Waals surface area contributed by atoms with E-state index in [-0.39, 0.29) is 22.5 Å². The summed E-state index contributed by atoms with van der Waals surface area (Å²) in [5, 5.41) is 22.0. The van der Waals surface area contributed by atoms with Gasteiger partial charge in [-0.3, -0.25) is 24.6 Å². The van der Waals surface area contributed by atoms with Gasteiger partial charge in [0.15, 0.2) is 0 Å². The minimum atomic E-state index is -4.59. The molecule has 0 spiro atoms. The van der Waals surface area contributed by atoms with Gasteiger partial charge in [-0.05, 0) is 54.4 Å². The second-order valence-corrected chi connectivity index (χ2v) is 7.87. The van der Waals surface area contributed by atoms with Gasteiger partial charge in [0.05, 0.1) is 22.1 Å². The molecule has 3 aromatic carbocycles. The number of aliphatic hydroxyl groups is 1. The number of rotatable bonds is 4. The second-order valence-electron chi connectivity index (χ2n) is 7.87. The molecule has 0 bridgehead atoms. The van der Waals surface area contributed by atoms with E-state index in [4.69, 9.17) is 0 Å². The van der Waals surface area contributed by atoms with Crippen LogP contribution < -0.4 is 4.90 Å². The van der Waals surface area contributed by atoms with Gasteiger partial charge in [-0.15, -0.1) is 0 Å². The fraction of sp³-hybridized carbons (Fsp3) is 0.120. The van der Waals surface area contributed by atoms with Crippen LogP contribution in [0.25, 0.3) is 5.76 Å². The minimum absolute atomic E-state index is 0.0381. The molecule has 0 aliphatic carbocycles. The van der Waals surface area contributed by atoms with E-state index >= 15 is 0 Å². The van der Waals surface area contributed by atoms with Crippen molar-refractivity contribution in [3.05, 3.63) is 111 Å². The molecule has 1 aliphatic heterocycles. The van der Waals surface area contributed by atoms with Crippen molar-refractivity contribution in [1.29, 1.82) is 0 Å². The summed E-state index contributed by atoms with van der Waals surface area (Å²) in [4.78, 5) is 37.6. The Kier molecular flexibility index (Phi) is 5.89. The molecule has 1 amide bonds. The summed E-state index contributed by atoms with van der Waals surface area (Å²) in [7, 11) is 0. The van der Waals surface area contributed by atoms with Gasteiger partial charge in [0.1, 0.15) is 5.76 Å². The van der Waals surface area contributed by atoms with Crippen LogP contribution in [0.2, 0.25) is 0 Å². The molecule has 1 unspecified atom stereocenters. The molecule has 0 aromatic heterocycles. The number of nitro groups is 1. The number of benzene rings is 3. The summed E-state index contributed by atoms with van der Waals surface area (Å²) in [6, 6.07) is 14.2. The first-order valence-electron chi connectivity index (χ1n) is 10.3. The Balaban J connectivity index is 1.90. The summed E-state index contributed by atoms with van der Waals surface area (Å²) in [5.41, 5.74) is -0.173. The maximum Gasteiger partial charge on any atom is 0.416 e. The third-order valence-electron chi connectivity index (χ3n) is 5.75. The molecule has 1 fully saturated rings. The third-order valence-corrected chi connectivity index (χ3v) is 5.75. The maximum atomic E-state index is 13.1. The van der Waals surface area contributed by atoms with Crippen LogP contribution in [0.15, 0.2) is 78.4 Å². The molecule has 1 heterocycles. The molecular formula is C25H17F3N2O5. The van der Waals surface area contributed by atoms with E-state index in [1.54, 1.807) is 31.2 Å². The quantitative estimate of drug-likeness (QED) is 0.173. The first-order chi connectivity index (χ1) is 16.5. The molecular weight excluding hydrogens is 465 g/mol. The third kappa shape index (κ3) is 4.25. The first-order valence-corrected chi connectivity index (χ1v) is 10.3. The lowest BCUT2D eigenvalue weighted by Gasteiger charge is -2.27. The van der Waals surface area contributed by atoms with E-state index in [0.717, 1.165) is 41.3 Å². The molecule has 0 radical (unpaired) electrons. The van der Waals surface area contributed by atoms with Gasteiger partial charge in [0.25, 0.3) is 17.4 Å². The Morgan fingerprint density at radius 2 is 1.57 bits per heavy atom. The van der Waals surface area contributed by atoms with Crippen LogP contribution in [-0.2, 0) is 15.8 Å². The number of non-ortho nitro benzene ring substituents is 1. The van der Waals surface area contributed by atoms with E-state index in [9.17, 15) is 38.0 Å². The number of nitro benzene ring substituents is 1. The number of nitrogens with zero attached hydrogens (tertiary/aromatic N) is 2. The van der Waals surface area contributed by atoms with Gasteiger partial charge in [0, 0.05) is 23.4 Å². The normalized spacial score (nSPS) is 17.6. The molecule has 4 rings (SSSR count). The zero-order valence-electron chi connectivity index (χ0n) is 18.1. The van der Waals surface area contributed by atoms with Crippen molar-refractivity contribution >= 4 is 28.8 Å². The number of anilines is 1. The number of aliphatic hydroxyl groups excluding tert-OH is 1. The molecule has 1 saturated heterocycles. The lowest BCUT2D eigenvalue weighted by Crippen LogP contribution is -2.29. The predicted molar refractivity (Wildman–Crippen MR) is 121 cm³/mol. The minimum Gasteiger partial charge on any atom is -0.507 e. The number of hydrogen-bond donors (Lipinski definition) is 1. The van der Waals surface area contributed by atoms with E-state index in [0.29, 0.717) is 11.1 Å². The number of ketones is 1. The number of amides is 1. The van der Waals surface area contributed by atoms with Gasteiger partial charge in [-0.1, -0.05) is 24.3 Å². The van der Waals surface area contributed by atoms with Crippen molar-refractivity contribution in [3.63, 3.8) is 0 Å². The van der Waals surface area contributed by atoms with Crippen molar-refractivity contribution in [2.75, 3.05) is 4.90 Å².